The van der Waals surface area contributed by atoms with Crippen LogP contribution in [0.15, 0.2) is 30.3 Å². The van der Waals surface area contributed by atoms with E-state index in [0.29, 0.717) is 11.3 Å². The summed E-state index contributed by atoms with van der Waals surface area (Å²) in [6.45, 7) is 7.05. The molecule has 1 unspecified atom stereocenters. The third-order valence-corrected chi connectivity index (χ3v) is 4.79. The van der Waals surface area contributed by atoms with E-state index in [4.69, 9.17) is 0 Å². The van der Waals surface area contributed by atoms with Crippen LogP contribution in [0.5, 0.6) is 0 Å². The van der Waals surface area contributed by atoms with Crippen LogP contribution in [0.1, 0.15) is 57.4 Å². The Morgan fingerprint density at radius 1 is 1.22 bits per heavy atom. The summed E-state index contributed by atoms with van der Waals surface area (Å²) in [5.41, 5.74) is 2.11. The fraction of sp³-hybridized carbons (Fsp3) is 0.647. The molecule has 100 valence electrons. The molecule has 2 rings (SSSR count). The van der Waals surface area contributed by atoms with Crippen LogP contribution in [-0.2, 0) is 0 Å². The molecule has 1 saturated carbocycles. The topological polar surface area (TPSA) is 12.0 Å². The van der Waals surface area contributed by atoms with Gasteiger partial charge in [-0.25, -0.2) is 0 Å². The Morgan fingerprint density at radius 2 is 1.94 bits per heavy atom. The number of nitrogens with one attached hydrogen (secondary N) is 1. The maximum absolute atomic E-state index is 3.68. The lowest BCUT2D eigenvalue weighted by molar-refractivity contribution is 0.124. The van der Waals surface area contributed by atoms with E-state index < -0.39 is 0 Å². The molecule has 1 aliphatic carbocycles. The van der Waals surface area contributed by atoms with Gasteiger partial charge in [0, 0.05) is 6.54 Å². The van der Waals surface area contributed by atoms with Gasteiger partial charge in [0.05, 0.1) is 0 Å². The van der Waals surface area contributed by atoms with Crippen molar-refractivity contribution in [3.8, 4) is 0 Å². The highest BCUT2D eigenvalue weighted by Crippen LogP contribution is 2.43. The Balaban J connectivity index is 1.66. The van der Waals surface area contributed by atoms with E-state index >= 15 is 0 Å². The molecule has 0 heterocycles. The van der Waals surface area contributed by atoms with Crippen LogP contribution in [0.25, 0.3) is 0 Å². The molecular weight excluding hydrogens is 218 g/mol. The minimum atomic E-state index is 0.649. The van der Waals surface area contributed by atoms with E-state index in [1.54, 1.807) is 0 Å². The zero-order chi connectivity index (χ0) is 12.8. The average Bonchev–Trinajstić information content (AvgIpc) is 2.38. The van der Waals surface area contributed by atoms with Crippen LogP contribution in [0, 0.1) is 5.41 Å². The molecule has 0 radical (unpaired) electrons. The van der Waals surface area contributed by atoms with Crippen molar-refractivity contribution in [3.05, 3.63) is 35.9 Å². The Hall–Kier alpha value is -0.820. The van der Waals surface area contributed by atoms with Gasteiger partial charge in [-0.1, -0.05) is 50.6 Å². The SMILES string of the molecule is CCC1(CNCCC(C)c2ccccc2)CCC1. The Bertz CT molecular complexity index is 334. The quantitative estimate of drug-likeness (QED) is 0.704. The number of rotatable bonds is 7. The highest BCUT2D eigenvalue weighted by Gasteiger charge is 2.34. The van der Waals surface area contributed by atoms with E-state index in [-0.39, 0.29) is 0 Å². The van der Waals surface area contributed by atoms with Crippen LogP contribution in [0.4, 0.5) is 0 Å². The number of hydrogen-bond donors (Lipinski definition) is 1. The molecule has 0 aliphatic heterocycles. The number of benzene rings is 1. The van der Waals surface area contributed by atoms with Crippen LogP contribution in [0.3, 0.4) is 0 Å². The van der Waals surface area contributed by atoms with Gasteiger partial charge in [0.2, 0.25) is 0 Å². The van der Waals surface area contributed by atoms with Gasteiger partial charge >= 0.3 is 0 Å². The van der Waals surface area contributed by atoms with E-state index in [1.807, 2.05) is 0 Å². The van der Waals surface area contributed by atoms with Gasteiger partial charge in [-0.2, -0.15) is 0 Å². The lowest BCUT2D eigenvalue weighted by atomic mass is 9.67. The summed E-state index contributed by atoms with van der Waals surface area (Å²) in [7, 11) is 0. The van der Waals surface area contributed by atoms with Gasteiger partial charge in [-0.05, 0) is 49.1 Å². The highest BCUT2D eigenvalue weighted by molar-refractivity contribution is 5.18. The molecule has 1 fully saturated rings. The Labute approximate surface area is 112 Å². The predicted octanol–water partition coefficient (Wildman–Crippen LogP) is 4.35. The van der Waals surface area contributed by atoms with Gasteiger partial charge in [-0.15, -0.1) is 0 Å². The van der Waals surface area contributed by atoms with E-state index in [1.165, 1.54) is 44.2 Å². The minimum Gasteiger partial charge on any atom is -0.316 e. The molecule has 0 aromatic heterocycles. The van der Waals surface area contributed by atoms with Crippen LogP contribution in [-0.4, -0.2) is 13.1 Å². The van der Waals surface area contributed by atoms with Crippen molar-refractivity contribution in [2.75, 3.05) is 13.1 Å². The second-order valence-corrected chi connectivity index (χ2v) is 5.98. The molecular formula is C17H27N. The van der Waals surface area contributed by atoms with Crippen molar-refractivity contribution in [2.24, 2.45) is 5.41 Å². The van der Waals surface area contributed by atoms with Crippen molar-refractivity contribution < 1.29 is 0 Å². The fourth-order valence-corrected chi connectivity index (χ4v) is 2.95. The summed E-state index contributed by atoms with van der Waals surface area (Å²) < 4.78 is 0. The molecule has 0 spiro atoms. The summed E-state index contributed by atoms with van der Waals surface area (Å²) in [4.78, 5) is 0. The summed E-state index contributed by atoms with van der Waals surface area (Å²) in [6.07, 6.45) is 6.89. The van der Waals surface area contributed by atoms with Crippen molar-refractivity contribution in [1.82, 2.24) is 5.32 Å². The smallest absolute Gasteiger partial charge is 0.000771 e. The normalized spacial score (nSPS) is 19.2. The molecule has 1 heteroatoms. The third-order valence-electron chi connectivity index (χ3n) is 4.79. The Morgan fingerprint density at radius 3 is 2.50 bits per heavy atom. The summed E-state index contributed by atoms with van der Waals surface area (Å²) in [5, 5.41) is 3.68. The molecule has 1 aromatic carbocycles. The summed E-state index contributed by atoms with van der Waals surface area (Å²) in [5.74, 6) is 0.665. The molecule has 1 nitrogen and oxygen atoms in total. The maximum Gasteiger partial charge on any atom is 0.000771 e. The van der Waals surface area contributed by atoms with Crippen molar-refractivity contribution in [1.29, 1.82) is 0 Å². The summed E-state index contributed by atoms with van der Waals surface area (Å²) in [6, 6.07) is 10.9. The van der Waals surface area contributed by atoms with Gasteiger partial charge in [0.25, 0.3) is 0 Å². The largest absolute Gasteiger partial charge is 0.316 e. The fourth-order valence-electron chi connectivity index (χ4n) is 2.95. The van der Waals surface area contributed by atoms with E-state index in [9.17, 15) is 0 Å². The Kier molecular flexibility index (Phi) is 4.82. The molecule has 0 bridgehead atoms. The second kappa shape index (κ2) is 6.38. The van der Waals surface area contributed by atoms with Crippen LogP contribution >= 0.6 is 0 Å². The molecule has 1 aromatic rings. The van der Waals surface area contributed by atoms with Crippen molar-refractivity contribution >= 4 is 0 Å². The van der Waals surface area contributed by atoms with Gasteiger partial charge in [0.1, 0.15) is 0 Å². The molecule has 1 atom stereocenters. The van der Waals surface area contributed by atoms with Gasteiger partial charge < -0.3 is 5.32 Å². The monoisotopic (exact) mass is 245 g/mol. The average molecular weight is 245 g/mol. The van der Waals surface area contributed by atoms with Crippen molar-refractivity contribution in [2.45, 2.75) is 51.9 Å². The van der Waals surface area contributed by atoms with Crippen LogP contribution < -0.4 is 5.32 Å². The zero-order valence-corrected chi connectivity index (χ0v) is 11.9. The predicted molar refractivity (Wildman–Crippen MR) is 78.9 cm³/mol. The second-order valence-electron chi connectivity index (χ2n) is 5.98. The molecule has 0 amide bonds. The van der Waals surface area contributed by atoms with E-state index in [0.717, 1.165) is 6.54 Å². The number of hydrogen-bond acceptors (Lipinski definition) is 1. The molecule has 1 aliphatic rings. The van der Waals surface area contributed by atoms with Crippen LogP contribution in [0.2, 0.25) is 0 Å². The lowest BCUT2D eigenvalue weighted by Gasteiger charge is -2.41. The first kappa shape index (κ1) is 13.6. The first-order valence-electron chi connectivity index (χ1n) is 7.51. The molecule has 18 heavy (non-hydrogen) atoms. The van der Waals surface area contributed by atoms with Gasteiger partial charge in [-0.3, -0.25) is 0 Å². The van der Waals surface area contributed by atoms with Gasteiger partial charge in [0.15, 0.2) is 0 Å². The lowest BCUT2D eigenvalue weighted by Crippen LogP contribution is -2.39. The third kappa shape index (κ3) is 3.35. The standard InChI is InChI=1S/C17H27N/c1-3-17(11-7-12-17)14-18-13-10-15(2)16-8-5-4-6-9-16/h4-6,8-9,15,18H,3,7,10-14H2,1-2H3. The molecule has 1 N–H and O–H groups in total. The minimum absolute atomic E-state index is 0.649. The molecule has 0 saturated heterocycles. The van der Waals surface area contributed by atoms with E-state index in [2.05, 4.69) is 49.5 Å². The maximum atomic E-state index is 3.68. The zero-order valence-electron chi connectivity index (χ0n) is 11.9. The highest BCUT2D eigenvalue weighted by atomic mass is 14.9. The first-order valence-corrected chi connectivity index (χ1v) is 7.51. The first-order chi connectivity index (χ1) is 8.76. The summed E-state index contributed by atoms with van der Waals surface area (Å²) >= 11 is 0. The van der Waals surface area contributed by atoms with Crippen molar-refractivity contribution in [3.63, 3.8) is 0 Å².